The molecule has 0 amide bonds. The van der Waals surface area contributed by atoms with E-state index in [-0.39, 0.29) is 10.8 Å². The lowest BCUT2D eigenvalue weighted by Crippen LogP contribution is -2.33. The van der Waals surface area contributed by atoms with E-state index in [9.17, 15) is 4.79 Å². The summed E-state index contributed by atoms with van der Waals surface area (Å²) in [6.07, 6.45) is 3.92. The molecule has 1 aromatic carbocycles. The highest BCUT2D eigenvalue weighted by Crippen LogP contribution is 2.63. The van der Waals surface area contributed by atoms with Crippen LogP contribution in [0.15, 0.2) is 44.6 Å². The van der Waals surface area contributed by atoms with Gasteiger partial charge in [0.2, 0.25) is 0 Å². The van der Waals surface area contributed by atoms with Crippen molar-refractivity contribution in [3.8, 4) is 11.3 Å². The van der Waals surface area contributed by atoms with Crippen LogP contribution in [0.3, 0.4) is 0 Å². The molecule has 1 N–H and O–H groups in total. The van der Waals surface area contributed by atoms with Crippen molar-refractivity contribution in [1.29, 1.82) is 0 Å². The van der Waals surface area contributed by atoms with Gasteiger partial charge >= 0.3 is 4.87 Å². The van der Waals surface area contributed by atoms with Crippen LogP contribution < -0.4 is 4.87 Å². The summed E-state index contributed by atoms with van der Waals surface area (Å²) in [6, 6.07) is 9.44. The molecular weight excluding hydrogens is 433 g/mol. The standard InChI is InChI=1S/C21H17Cl2NO2S2/c22-11-3-4-13(23)12(8-11)14-5-6-15(26-14)17-16-9-1-2-10(7-9)18(16)27-20-19(17)28-21(25)24-20/h3-6,8-10,16-18H,1-2,7H2,(H,24,25)/t9-,10+,16+,17+,18-/m0/s1. The van der Waals surface area contributed by atoms with Crippen molar-refractivity contribution < 1.29 is 4.42 Å². The largest absolute Gasteiger partial charge is 0.460 e. The van der Waals surface area contributed by atoms with Crippen LogP contribution in [-0.2, 0) is 0 Å². The highest BCUT2D eigenvalue weighted by molar-refractivity contribution is 8.00. The lowest BCUT2D eigenvalue weighted by atomic mass is 9.77. The van der Waals surface area contributed by atoms with E-state index in [2.05, 4.69) is 11.1 Å². The van der Waals surface area contributed by atoms with Gasteiger partial charge in [-0.15, -0.1) is 11.8 Å². The highest BCUT2D eigenvalue weighted by atomic mass is 35.5. The van der Waals surface area contributed by atoms with Crippen LogP contribution >= 0.6 is 46.3 Å². The number of furan rings is 1. The Morgan fingerprint density at radius 1 is 1.11 bits per heavy atom. The minimum Gasteiger partial charge on any atom is -0.460 e. The van der Waals surface area contributed by atoms with Gasteiger partial charge in [0.1, 0.15) is 11.5 Å². The maximum atomic E-state index is 12.1. The molecule has 7 heteroatoms. The minimum absolute atomic E-state index is 0.0273. The summed E-state index contributed by atoms with van der Waals surface area (Å²) in [4.78, 5) is 16.4. The fourth-order valence-electron chi connectivity index (χ4n) is 5.52. The first-order valence-corrected chi connectivity index (χ1v) is 12.0. The van der Waals surface area contributed by atoms with Gasteiger partial charge in [-0.2, -0.15) is 0 Å². The van der Waals surface area contributed by atoms with Crippen molar-refractivity contribution in [2.75, 3.05) is 0 Å². The topological polar surface area (TPSA) is 46.0 Å². The van der Waals surface area contributed by atoms with Crippen LogP contribution in [0.5, 0.6) is 0 Å². The van der Waals surface area contributed by atoms with Gasteiger partial charge < -0.3 is 9.40 Å². The van der Waals surface area contributed by atoms with Gasteiger partial charge in [0.15, 0.2) is 0 Å². The number of fused-ring (bicyclic) bond motifs is 6. The Morgan fingerprint density at radius 2 is 1.96 bits per heavy atom. The van der Waals surface area contributed by atoms with Gasteiger partial charge in [-0.1, -0.05) is 34.5 Å². The monoisotopic (exact) mass is 449 g/mol. The van der Waals surface area contributed by atoms with Crippen LogP contribution in [0.4, 0.5) is 0 Å². The van der Waals surface area contributed by atoms with Gasteiger partial charge in [0.25, 0.3) is 0 Å². The van der Waals surface area contributed by atoms with Crippen LogP contribution in [0, 0.1) is 17.8 Å². The Balaban J connectivity index is 1.47. The maximum Gasteiger partial charge on any atom is 0.305 e. The molecule has 3 aromatic rings. The number of hydrogen-bond donors (Lipinski definition) is 1. The van der Waals surface area contributed by atoms with Crippen molar-refractivity contribution in [2.24, 2.45) is 17.8 Å². The summed E-state index contributed by atoms with van der Waals surface area (Å²) < 4.78 is 6.37. The molecule has 2 saturated carbocycles. The van der Waals surface area contributed by atoms with Crippen molar-refractivity contribution in [3.05, 3.63) is 60.7 Å². The van der Waals surface area contributed by atoms with E-state index < -0.39 is 0 Å². The Morgan fingerprint density at radius 3 is 2.86 bits per heavy atom. The van der Waals surface area contributed by atoms with Crippen LogP contribution in [-0.4, -0.2) is 10.2 Å². The molecule has 3 aliphatic rings. The van der Waals surface area contributed by atoms with Crippen molar-refractivity contribution in [3.63, 3.8) is 0 Å². The van der Waals surface area contributed by atoms with Crippen molar-refractivity contribution >= 4 is 46.3 Å². The van der Waals surface area contributed by atoms with E-state index in [0.29, 0.717) is 21.2 Å². The molecule has 3 nitrogen and oxygen atoms in total. The molecule has 6 rings (SSSR count). The second-order valence-electron chi connectivity index (χ2n) is 8.00. The second-order valence-corrected chi connectivity index (χ2v) is 11.1. The van der Waals surface area contributed by atoms with E-state index in [1.54, 1.807) is 12.1 Å². The van der Waals surface area contributed by atoms with Gasteiger partial charge in [-0.05, 0) is 67.3 Å². The number of aromatic amines is 1. The molecule has 3 heterocycles. The normalized spacial score (nSPS) is 30.4. The van der Waals surface area contributed by atoms with E-state index >= 15 is 0 Å². The molecule has 2 bridgehead atoms. The van der Waals surface area contributed by atoms with E-state index in [0.717, 1.165) is 38.8 Å². The lowest BCUT2D eigenvalue weighted by molar-refractivity contribution is 0.285. The molecule has 0 saturated heterocycles. The highest BCUT2D eigenvalue weighted by Gasteiger charge is 2.55. The third kappa shape index (κ3) is 2.59. The Hall–Kier alpha value is -1.14. The second kappa shape index (κ2) is 6.43. The van der Waals surface area contributed by atoms with Gasteiger partial charge in [-0.3, -0.25) is 4.79 Å². The molecule has 2 fully saturated rings. The number of rotatable bonds is 2. The number of hydrogen-bond acceptors (Lipinski definition) is 4. The zero-order chi connectivity index (χ0) is 19.0. The summed E-state index contributed by atoms with van der Waals surface area (Å²) in [5.41, 5.74) is 0.803. The number of halogens is 2. The number of nitrogens with one attached hydrogen (secondary N) is 1. The smallest absolute Gasteiger partial charge is 0.305 e. The Bertz CT molecular complexity index is 1130. The first kappa shape index (κ1) is 17.7. The van der Waals surface area contributed by atoms with Gasteiger partial charge in [-0.25, -0.2) is 0 Å². The predicted octanol–water partition coefficient (Wildman–Crippen LogP) is 6.66. The van der Waals surface area contributed by atoms with Gasteiger partial charge in [0.05, 0.1) is 20.8 Å². The van der Waals surface area contributed by atoms with E-state index in [4.69, 9.17) is 27.6 Å². The third-order valence-corrected chi connectivity index (χ3v) is 9.78. The minimum atomic E-state index is 0.0273. The van der Waals surface area contributed by atoms with Crippen LogP contribution in [0.25, 0.3) is 11.3 Å². The van der Waals surface area contributed by atoms with Crippen molar-refractivity contribution in [2.45, 2.75) is 35.5 Å². The lowest BCUT2D eigenvalue weighted by Gasteiger charge is -2.38. The summed E-state index contributed by atoms with van der Waals surface area (Å²) in [6.45, 7) is 0. The first-order valence-electron chi connectivity index (χ1n) is 9.53. The fourth-order valence-corrected chi connectivity index (χ4v) is 8.78. The average molecular weight is 450 g/mol. The zero-order valence-electron chi connectivity index (χ0n) is 14.8. The summed E-state index contributed by atoms with van der Waals surface area (Å²) in [5, 5.41) is 2.87. The zero-order valence-corrected chi connectivity index (χ0v) is 17.9. The third-order valence-electron chi connectivity index (χ3n) is 6.59. The van der Waals surface area contributed by atoms with Crippen molar-refractivity contribution in [1.82, 2.24) is 4.98 Å². The van der Waals surface area contributed by atoms with Crippen LogP contribution in [0.1, 0.15) is 35.8 Å². The molecule has 1 aliphatic heterocycles. The SMILES string of the molecule is O=c1[nH]c2c(s1)[C@H](c1ccc(-c3cc(Cl)ccc3Cl)o1)[C@H]1[C@H]3CC[C@H](C3)[C@@H]1S2. The molecule has 0 unspecified atom stereocenters. The number of thiazole rings is 1. The van der Waals surface area contributed by atoms with E-state index in [1.807, 2.05) is 23.9 Å². The Kier molecular flexibility index (Phi) is 4.06. The van der Waals surface area contributed by atoms with Gasteiger partial charge in [0, 0.05) is 15.8 Å². The number of H-pyrrole nitrogens is 1. The quantitative estimate of drug-likeness (QED) is 0.475. The van der Waals surface area contributed by atoms with E-state index in [1.165, 1.54) is 30.6 Å². The summed E-state index contributed by atoms with van der Waals surface area (Å²) in [5.74, 6) is 3.83. The fraction of sp³-hybridized carbons (Fsp3) is 0.381. The molecule has 5 atom stereocenters. The molecule has 2 aromatic heterocycles. The molecule has 2 aliphatic carbocycles. The number of thioether (sulfide) groups is 1. The molecule has 144 valence electrons. The van der Waals surface area contributed by atoms with Crippen LogP contribution in [0.2, 0.25) is 10.0 Å². The molecule has 0 spiro atoms. The summed E-state index contributed by atoms with van der Waals surface area (Å²) >= 11 is 15.8. The average Bonchev–Trinajstić information content (AvgIpc) is 3.44. The first-order chi connectivity index (χ1) is 13.6. The number of benzene rings is 1. The molecule has 28 heavy (non-hydrogen) atoms. The predicted molar refractivity (Wildman–Crippen MR) is 115 cm³/mol. The Labute approximate surface area is 180 Å². The molecule has 0 radical (unpaired) electrons. The summed E-state index contributed by atoms with van der Waals surface area (Å²) in [7, 11) is 0. The maximum absolute atomic E-state index is 12.1. The number of aromatic nitrogens is 1. The molecular formula is C21H17Cl2NO2S2.